The Hall–Kier alpha value is -1.13. The summed E-state index contributed by atoms with van der Waals surface area (Å²) in [5.41, 5.74) is 0.363. The first-order valence-corrected chi connectivity index (χ1v) is 6.83. The summed E-state index contributed by atoms with van der Waals surface area (Å²) in [6, 6.07) is 4.54. The summed E-state index contributed by atoms with van der Waals surface area (Å²) in [6.45, 7) is 1.37. The fraction of sp³-hybridized carbons (Fsp3) is 0.500. The molecule has 1 aromatic rings. The molecule has 1 fully saturated rings. The normalized spacial score (nSPS) is 14.5. The number of nitrogens with zero attached hydrogens (tertiary/aromatic N) is 1. The number of hydrogen-bond acceptors (Lipinski definition) is 2. The third-order valence-electron chi connectivity index (χ3n) is 3.29. The molecule has 0 heterocycles. The van der Waals surface area contributed by atoms with Crippen molar-refractivity contribution in [2.24, 2.45) is 5.92 Å². The van der Waals surface area contributed by atoms with E-state index in [0.29, 0.717) is 17.1 Å². The number of carbonyl (C=O) groups is 1. The Balaban J connectivity index is 1.84. The van der Waals surface area contributed by atoms with Gasteiger partial charge in [0.15, 0.2) is 0 Å². The lowest BCUT2D eigenvalue weighted by molar-refractivity contribution is -0.129. The van der Waals surface area contributed by atoms with Gasteiger partial charge in [-0.05, 0) is 37.4 Å². The fourth-order valence-corrected chi connectivity index (χ4v) is 2.07. The van der Waals surface area contributed by atoms with Crippen LogP contribution in [0.15, 0.2) is 18.2 Å². The summed E-state index contributed by atoms with van der Waals surface area (Å²) in [4.78, 5) is 13.4. The van der Waals surface area contributed by atoms with Crippen LogP contribution in [-0.4, -0.2) is 30.9 Å². The minimum absolute atomic E-state index is 0.0556. The van der Waals surface area contributed by atoms with E-state index in [-0.39, 0.29) is 18.3 Å². The molecule has 1 aliphatic carbocycles. The Kier molecular flexibility index (Phi) is 4.77. The van der Waals surface area contributed by atoms with Crippen molar-refractivity contribution in [3.8, 4) is 0 Å². The molecule has 1 amide bonds. The van der Waals surface area contributed by atoms with Gasteiger partial charge in [-0.1, -0.05) is 17.7 Å². The molecule has 19 heavy (non-hydrogen) atoms. The second-order valence-electron chi connectivity index (χ2n) is 5.02. The maximum absolute atomic E-state index is 13.6. The van der Waals surface area contributed by atoms with Gasteiger partial charge in [0, 0.05) is 24.2 Å². The molecule has 0 unspecified atom stereocenters. The Morgan fingerprint density at radius 2 is 2.26 bits per heavy atom. The number of nitrogens with one attached hydrogen (secondary N) is 1. The molecule has 1 aliphatic rings. The van der Waals surface area contributed by atoms with E-state index in [1.807, 2.05) is 0 Å². The molecular formula is C14H18ClFN2O. The molecule has 0 radical (unpaired) electrons. The van der Waals surface area contributed by atoms with Crippen molar-refractivity contribution in [1.29, 1.82) is 0 Å². The number of amides is 1. The van der Waals surface area contributed by atoms with Crippen LogP contribution >= 0.6 is 11.6 Å². The molecule has 1 N–H and O–H groups in total. The average molecular weight is 285 g/mol. The van der Waals surface area contributed by atoms with E-state index in [4.69, 9.17) is 11.6 Å². The molecule has 0 saturated heterocycles. The lowest BCUT2D eigenvalue weighted by Crippen LogP contribution is -2.36. The molecule has 0 spiro atoms. The highest BCUT2D eigenvalue weighted by molar-refractivity contribution is 6.31. The topological polar surface area (TPSA) is 32.3 Å². The minimum atomic E-state index is -0.377. The maximum Gasteiger partial charge on any atom is 0.236 e. The van der Waals surface area contributed by atoms with Crippen LogP contribution in [0.3, 0.4) is 0 Å². The third kappa shape index (κ3) is 4.18. The van der Waals surface area contributed by atoms with Crippen LogP contribution in [0.25, 0.3) is 0 Å². The highest BCUT2D eigenvalue weighted by Crippen LogP contribution is 2.27. The molecule has 0 aromatic heterocycles. The van der Waals surface area contributed by atoms with E-state index in [1.165, 1.54) is 23.8 Å². The number of likely N-dealkylation sites (N-methyl/N-ethyl adjacent to an activating group) is 1. The second kappa shape index (κ2) is 6.35. The standard InChI is InChI=1S/C14H18ClFN2O/c1-18(14(19)8-17-7-10-5-6-10)9-11-12(15)3-2-4-13(11)16/h2-4,10,17H,5-9H2,1H3. The van der Waals surface area contributed by atoms with Crippen LogP contribution in [0.5, 0.6) is 0 Å². The number of hydrogen-bond donors (Lipinski definition) is 1. The van der Waals surface area contributed by atoms with Gasteiger partial charge in [-0.2, -0.15) is 0 Å². The largest absolute Gasteiger partial charge is 0.340 e. The zero-order valence-corrected chi connectivity index (χ0v) is 11.7. The van der Waals surface area contributed by atoms with Crippen molar-refractivity contribution in [3.05, 3.63) is 34.6 Å². The number of rotatable bonds is 6. The summed E-state index contributed by atoms with van der Waals surface area (Å²) in [5.74, 6) is 0.303. The van der Waals surface area contributed by atoms with Crippen LogP contribution in [0.4, 0.5) is 4.39 Å². The number of halogens is 2. The number of carbonyl (C=O) groups excluding carboxylic acids is 1. The van der Waals surface area contributed by atoms with Gasteiger partial charge in [-0.15, -0.1) is 0 Å². The summed E-state index contributed by atoms with van der Waals surface area (Å²) >= 11 is 5.94. The molecule has 2 rings (SSSR count). The first kappa shape index (κ1) is 14.3. The van der Waals surface area contributed by atoms with E-state index < -0.39 is 0 Å². The Morgan fingerprint density at radius 3 is 2.89 bits per heavy atom. The summed E-state index contributed by atoms with van der Waals surface area (Å²) in [7, 11) is 1.66. The average Bonchev–Trinajstić information content (AvgIpc) is 3.17. The lowest BCUT2D eigenvalue weighted by atomic mass is 10.2. The van der Waals surface area contributed by atoms with Gasteiger partial charge in [0.05, 0.1) is 6.54 Å². The van der Waals surface area contributed by atoms with Gasteiger partial charge in [0.2, 0.25) is 5.91 Å². The SMILES string of the molecule is CN(Cc1c(F)cccc1Cl)C(=O)CNCC1CC1. The number of benzene rings is 1. The highest BCUT2D eigenvalue weighted by Gasteiger charge is 2.21. The van der Waals surface area contributed by atoms with Crippen molar-refractivity contribution in [1.82, 2.24) is 10.2 Å². The van der Waals surface area contributed by atoms with E-state index in [0.717, 1.165) is 12.5 Å². The van der Waals surface area contributed by atoms with Crippen molar-refractivity contribution >= 4 is 17.5 Å². The highest BCUT2D eigenvalue weighted by atomic mass is 35.5. The Labute approximate surface area is 117 Å². The van der Waals surface area contributed by atoms with Crippen molar-refractivity contribution in [2.75, 3.05) is 20.1 Å². The van der Waals surface area contributed by atoms with Crippen LogP contribution in [-0.2, 0) is 11.3 Å². The molecule has 3 nitrogen and oxygen atoms in total. The molecule has 5 heteroatoms. The molecule has 1 saturated carbocycles. The summed E-state index contributed by atoms with van der Waals surface area (Å²) < 4.78 is 13.6. The fourth-order valence-electron chi connectivity index (χ4n) is 1.85. The molecule has 0 aliphatic heterocycles. The summed E-state index contributed by atoms with van der Waals surface area (Å²) in [5, 5.41) is 3.48. The minimum Gasteiger partial charge on any atom is -0.340 e. The molecular weight excluding hydrogens is 267 g/mol. The third-order valence-corrected chi connectivity index (χ3v) is 3.64. The second-order valence-corrected chi connectivity index (χ2v) is 5.43. The first-order valence-electron chi connectivity index (χ1n) is 6.45. The van der Waals surface area contributed by atoms with Gasteiger partial charge in [-0.25, -0.2) is 4.39 Å². The van der Waals surface area contributed by atoms with E-state index in [2.05, 4.69) is 5.32 Å². The zero-order chi connectivity index (χ0) is 13.8. The molecule has 0 atom stereocenters. The van der Waals surface area contributed by atoms with Gasteiger partial charge in [-0.3, -0.25) is 4.79 Å². The van der Waals surface area contributed by atoms with Gasteiger partial charge in [0.1, 0.15) is 5.82 Å². The van der Waals surface area contributed by atoms with E-state index >= 15 is 0 Å². The van der Waals surface area contributed by atoms with Crippen molar-refractivity contribution in [2.45, 2.75) is 19.4 Å². The Bertz CT molecular complexity index is 443. The van der Waals surface area contributed by atoms with Crippen LogP contribution < -0.4 is 5.32 Å². The van der Waals surface area contributed by atoms with Crippen molar-refractivity contribution in [3.63, 3.8) is 0 Å². The lowest BCUT2D eigenvalue weighted by Gasteiger charge is -2.18. The van der Waals surface area contributed by atoms with Crippen LogP contribution in [0.1, 0.15) is 18.4 Å². The Morgan fingerprint density at radius 1 is 1.53 bits per heavy atom. The van der Waals surface area contributed by atoms with E-state index in [9.17, 15) is 9.18 Å². The van der Waals surface area contributed by atoms with E-state index in [1.54, 1.807) is 19.2 Å². The quantitative estimate of drug-likeness (QED) is 0.870. The van der Waals surface area contributed by atoms with Gasteiger partial charge >= 0.3 is 0 Å². The summed E-state index contributed by atoms with van der Waals surface area (Å²) in [6.07, 6.45) is 2.50. The van der Waals surface area contributed by atoms with Gasteiger partial charge in [0.25, 0.3) is 0 Å². The molecule has 0 bridgehead atoms. The monoisotopic (exact) mass is 284 g/mol. The predicted molar refractivity (Wildman–Crippen MR) is 73.5 cm³/mol. The van der Waals surface area contributed by atoms with Crippen LogP contribution in [0, 0.1) is 11.7 Å². The predicted octanol–water partition coefficient (Wildman–Crippen LogP) is 2.44. The molecule has 104 valence electrons. The molecule has 1 aromatic carbocycles. The van der Waals surface area contributed by atoms with Crippen molar-refractivity contribution < 1.29 is 9.18 Å². The zero-order valence-electron chi connectivity index (χ0n) is 11.0. The smallest absolute Gasteiger partial charge is 0.236 e. The van der Waals surface area contributed by atoms with Gasteiger partial charge < -0.3 is 10.2 Å². The first-order chi connectivity index (χ1) is 9.08. The van der Waals surface area contributed by atoms with Crippen LogP contribution in [0.2, 0.25) is 5.02 Å². The maximum atomic E-state index is 13.6.